The molecule has 0 amide bonds. The average Bonchev–Trinajstić information content (AvgIpc) is 2.33. The van der Waals surface area contributed by atoms with Crippen LogP contribution in [0.2, 0.25) is 0 Å². The van der Waals surface area contributed by atoms with Crippen molar-refractivity contribution >= 4 is 10.0 Å². The molecule has 0 aliphatic heterocycles. The number of aliphatic hydroxyl groups excluding tert-OH is 1. The largest absolute Gasteiger partial charge is 0.393 e. The van der Waals surface area contributed by atoms with Gasteiger partial charge in [0.1, 0.15) is 10.7 Å². The monoisotopic (exact) mass is 297 g/mol. The molecule has 4 nitrogen and oxygen atoms in total. The molecule has 0 aliphatic rings. The zero-order chi connectivity index (χ0) is 14.6. The molecule has 2 N–H and O–H groups in total. The lowest BCUT2D eigenvalue weighted by molar-refractivity contribution is 0.162. The maximum atomic E-state index is 13.3. The Bertz CT molecular complexity index is 548. The Morgan fingerprint density at radius 2 is 1.79 bits per heavy atom. The molecule has 0 aromatic heterocycles. The smallest absolute Gasteiger partial charge is 0.243 e. The van der Waals surface area contributed by atoms with E-state index in [2.05, 4.69) is 0 Å². The van der Waals surface area contributed by atoms with E-state index in [9.17, 15) is 26.7 Å². The van der Waals surface area contributed by atoms with Crippen LogP contribution in [0.3, 0.4) is 0 Å². The van der Waals surface area contributed by atoms with Crippen molar-refractivity contribution in [3.63, 3.8) is 0 Å². The highest BCUT2D eigenvalue weighted by molar-refractivity contribution is 7.89. The summed E-state index contributed by atoms with van der Waals surface area (Å²) in [6.07, 6.45) is -0.0973. The van der Waals surface area contributed by atoms with Crippen molar-refractivity contribution in [2.45, 2.75) is 30.8 Å². The molecule has 0 radical (unpaired) electrons. The molecule has 1 aromatic rings. The topological polar surface area (TPSA) is 66.4 Å². The van der Waals surface area contributed by atoms with Crippen molar-refractivity contribution in [2.24, 2.45) is 0 Å². The molecular weight excluding hydrogens is 283 g/mol. The minimum absolute atomic E-state index is 0.129. The molecule has 19 heavy (non-hydrogen) atoms. The zero-order valence-electron chi connectivity index (χ0n) is 10.2. The van der Waals surface area contributed by atoms with Gasteiger partial charge in [-0.3, -0.25) is 0 Å². The van der Waals surface area contributed by atoms with Gasteiger partial charge in [0.15, 0.2) is 11.6 Å². The van der Waals surface area contributed by atoms with E-state index < -0.39 is 38.5 Å². The van der Waals surface area contributed by atoms with Crippen molar-refractivity contribution < 1.29 is 26.7 Å². The molecule has 0 spiro atoms. The molecule has 0 aliphatic carbocycles. The van der Waals surface area contributed by atoms with Crippen LogP contribution in [-0.4, -0.2) is 26.2 Å². The Labute approximate surface area is 109 Å². The SMILES string of the molecule is CCC(O)CCNS(=O)(=O)c1cc(F)c(F)cc1F. The second-order valence-electron chi connectivity index (χ2n) is 3.95. The number of hydrogen-bond donors (Lipinski definition) is 2. The molecule has 0 saturated heterocycles. The molecule has 1 unspecified atom stereocenters. The average molecular weight is 297 g/mol. The summed E-state index contributed by atoms with van der Waals surface area (Å²) in [5, 5.41) is 9.24. The van der Waals surface area contributed by atoms with E-state index >= 15 is 0 Å². The molecule has 1 atom stereocenters. The van der Waals surface area contributed by atoms with Gasteiger partial charge in [-0.1, -0.05) is 6.92 Å². The number of aliphatic hydroxyl groups is 1. The van der Waals surface area contributed by atoms with Crippen molar-refractivity contribution in [3.05, 3.63) is 29.6 Å². The summed E-state index contributed by atoms with van der Waals surface area (Å²) in [5.41, 5.74) is 0. The Hall–Kier alpha value is -1.12. The first kappa shape index (κ1) is 15.9. The summed E-state index contributed by atoms with van der Waals surface area (Å²) in [6.45, 7) is 1.59. The van der Waals surface area contributed by atoms with Crippen LogP contribution in [0.25, 0.3) is 0 Å². The lowest BCUT2D eigenvalue weighted by atomic mass is 10.2. The minimum atomic E-state index is -4.28. The maximum absolute atomic E-state index is 13.3. The van der Waals surface area contributed by atoms with Gasteiger partial charge in [0.05, 0.1) is 6.10 Å². The third kappa shape index (κ3) is 4.19. The fourth-order valence-electron chi connectivity index (χ4n) is 1.35. The van der Waals surface area contributed by atoms with Crippen molar-refractivity contribution in [2.75, 3.05) is 6.54 Å². The van der Waals surface area contributed by atoms with Gasteiger partial charge in [-0.15, -0.1) is 0 Å². The molecular formula is C11H14F3NO3S. The quantitative estimate of drug-likeness (QED) is 0.783. The highest BCUT2D eigenvalue weighted by Gasteiger charge is 2.21. The van der Waals surface area contributed by atoms with Gasteiger partial charge in [0.2, 0.25) is 10.0 Å². The summed E-state index contributed by atoms with van der Waals surface area (Å²) in [4.78, 5) is -0.961. The molecule has 0 heterocycles. The van der Waals surface area contributed by atoms with Crippen molar-refractivity contribution in [3.8, 4) is 0 Å². The van der Waals surface area contributed by atoms with Gasteiger partial charge in [0.25, 0.3) is 0 Å². The molecule has 0 saturated carbocycles. The minimum Gasteiger partial charge on any atom is -0.393 e. The lowest BCUT2D eigenvalue weighted by Gasteiger charge is -2.10. The predicted octanol–water partition coefficient (Wildman–Crippen LogP) is 1.54. The number of halogens is 3. The summed E-state index contributed by atoms with van der Waals surface area (Å²) in [6, 6.07) is 0.452. The Balaban J connectivity index is 2.86. The molecule has 0 bridgehead atoms. The van der Waals surface area contributed by atoms with E-state index in [0.717, 1.165) is 0 Å². The number of sulfonamides is 1. The standard InChI is InChI=1S/C11H14F3NO3S/c1-2-7(16)3-4-15-19(17,18)11-6-9(13)8(12)5-10(11)14/h5-7,15-16H,2-4H2,1H3. The van der Waals surface area contributed by atoms with Crippen LogP contribution in [0, 0.1) is 17.5 Å². The fourth-order valence-corrected chi connectivity index (χ4v) is 2.47. The van der Waals surface area contributed by atoms with Gasteiger partial charge in [0, 0.05) is 12.6 Å². The highest BCUT2D eigenvalue weighted by atomic mass is 32.2. The summed E-state index contributed by atoms with van der Waals surface area (Å²) in [5.74, 6) is -4.28. The second kappa shape index (κ2) is 6.36. The molecule has 1 aromatic carbocycles. The van der Waals surface area contributed by atoms with Crippen LogP contribution >= 0.6 is 0 Å². The summed E-state index contributed by atoms with van der Waals surface area (Å²) in [7, 11) is -4.28. The molecule has 1 rings (SSSR count). The number of benzene rings is 1. The van der Waals surface area contributed by atoms with Gasteiger partial charge < -0.3 is 5.11 Å². The van der Waals surface area contributed by atoms with Crippen LogP contribution in [0.1, 0.15) is 19.8 Å². The van der Waals surface area contributed by atoms with Crippen LogP contribution in [0.4, 0.5) is 13.2 Å². The van der Waals surface area contributed by atoms with E-state index in [1.807, 2.05) is 4.72 Å². The van der Waals surface area contributed by atoms with Gasteiger partial charge in [-0.2, -0.15) is 0 Å². The first-order valence-corrected chi connectivity index (χ1v) is 7.08. The first-order valence-electron chi connectivity index (χ1n) is 5.60. The molecule has 8 heteroatoms. The predicted molar refractivity (Wildman–Crippen MR) is 62.4 cm³/mol. The van der Waals surface area contributed by atoms with Gasteiger partial charge in [-0.25, -0.2) is 26.3 Å². The Kier molecular flexibility index (Phi) is 5.33. The van der Waals surface area contributed by atoms with Crippen LogP contribution in [0.15, 0.2) is 17.0 Å². The third-order valence-electron chi connectivity index (χ3n) is 2.51. The Morgan fingerprint density at radius 1 is 1.21 bits per heavy atom. The van der Waals surface area contributed by atoms with E-state index in [1.54, 1.807) is 6.92 Å². The summed E-state index contributed by atoms with van der Waals surface area (Å²) < 4.78 is 64.3. The second-order valence-corrected chi connectivity index (χ2v) is 5.68. The molecule has 108 valence electrons. The number of hydrogen-bond acceptors (Lipinski definition) is 3. The van der Waals surface area contributed by atoms with Crippen molar-refractivity contribution in [1.82, 2.24) is 4.72 Å². The van der Waals surface area contributed by atoms with E-state index in [4.69, 9.17) is 0 Å². The number of nitrogens with one attached hydrogen (secondary N) is 1. The van der Waals surface area contributed by atoms with Crippen molar-refractivity contribution in [1.29, 1.82) is 0 Å². The maximum Gasteiger partial charge on any atom is 0.243 e. The normalized spacial score (nSPS) is 13.5. The lowest BCUT2D eigenvalue weighted by Crippen LogP contribution is -2.28. The van der Waals surface area contributed by atoms with E-state index in [-0.39, 0.29) is 25.1 Å². The van der Waals surface area contributed by atoms with Crippen LogP contribution in [0.5, 0.6) is 0 Å². The van der Waals surface area contributed by atoms with Crippen LogP contribution < -0.4 is 4.72 Å². The van der Waals surface area contributed by atoms with E-state index in [0.29, 0.717) is 6.42 Å². The zero-order valence-corrected chi connectivity index (χ0v) is 11.0. The molecule has 0 fully saturated rings. The third-order valence-corrected chi connectivity index (χ3v) is 3.98. The van der Waals surface area contributed by atoms with Crippen LogP contribution in [-0.2, 0) is 10.0 Å². The first-order chi connectivity index (χ1) is 8.77. The van der Waals surface area contributed by atoms with Gasteiger partial charge >= 0.3 is 0 Å². The number of rotatable bonds is 6. The van der Waals surface area contributed by atoms with Gasteiger partial charge in [-0.05, 0) is 18.9 Å². The van der Waals surface area contributed by atoms with E-state index in [1.165, 1.54) is 0 Å². The highest BCUT2D eigenvalue weighted by Crippen LogP contribution is 2.18. The fraction of sp³-hybridized carbons (Fsp3) is 0.455. The Morgan fingerprint density at radius 3 is 2.37 bits per heavy atom. The summed E-state index contributed by atoms with van der Waals surface area (Å²) >= 11 is 0.